The molecule has 1 aromatic carbocycles. The molecule has 2 fully saturated rings. The standard InChI is InChI=1S/C17H25N3O/c1-20(15-7-3-2-6-14(15)16(18)19)12-13-8-11-17(21-13)9-4-5-10-17/h2-3,6-7,13H,4-5,8-12H2,1H3,(H3,18,19). The number of anilines is 1. The molecule has 1 unspecified atom stereocenters. The summed E-state index contributed by atoms with van der Waals surface area (Å²) in [5.41, 5.74) is 7.68. The molecule has 21 heavy (non-hydrogen) atoms. The third-order valence-corrected chi connectivity index (χ3v) is 4.94. The van der Waals surface area contributed by atoms with Gasteiger partial charge in [-0.05, 0) is 37.8 Å². The van der Waals surface area contributed by atoms with Gasteiger partial charge in [-0.2, -0.15) is 0 Å². The molecule has 4 heteroatoms. The highest BCUT2D eigenvalue weighted by Crippen LogP contribution is 2.43. The number of para-hydroxylation sites is 1. The minimum Gasteiger partial charge on any atom is -0.384 e. The number of amidine groups is 1. The van der Waals surface area contributed by atoms with Crippen LogP contribution in [0.1, 0.15) is 44.1 Å². The Balaban J connectivity index is 1.67. The van der Waals surface area contributed by atoms with E-state index in [2.05, 4.69) is 11.9 Å². The summed E-state index contributed by atoms with van der Waals surface area (Å²) in [5.74, 6) is 0.122. The first-order valence-electron chi connectivity index (χ1n) is 7.92. The molecular formula is C17H25N3O. The van der Waals surface area contributed by atoms with Gasteiger partial charge < -0.3 is 15.4 Å². The summed E-state index contributed by atoms with van der Waals surface area (Å²) in [4.78, 5) is 2.18. The number of benzene rings is 1. The van der Waals surface area contributed by atoms with Gasteiger partial charge in [0.2, 0.25) is 0 Å². The molecule has 2 aliphatic rings. The molecule has 0 radical (unpaired) electrons. The van der Waals surface area contributed by atoms with Crippen molar-refractivity contribution in [3.05, 3.63) is 29.8 Å². The number of nitrogen functional groups attached to an aromatic ring is 1. The first kappa shape index (κ1) is 14.4. The maximum atomic E-state index is 7.70. The molecule has 1 spiro atoms. The van der Waals surface area contributed by atoms with Crippen LogP contribution in [0.2, 0.25) is 0 Å². The molecule has 0 bridgehead atoms. The minimum absolute atomic E-state index is 0.122. The van der Waals surface area contributed by atoms with Crippen LogP contribution in [-0.4, -0.2) is 31.1 Å². The van der Waals surface area contributed by atoms with E-state index in [1.165, 1.54) is 32.1 Å². The molecule has 3 rings (SSSR count). The van der Waals surface area contributed by atoms with Crippen molar-refractivity contribution in [2.45, 2.75) is 50.2 Å². The molecule has 1 aromatic rings. The molecule has 3 N–H and O–H groups in total. The normalized spacial score (nSPS) is 23.6. The molecule has 0 aromatic heterocycles. The average Bonchev–Trinajstić information content (AvgIpc) is 3.09. The Hall–Kier alpha value is -1.55. The summed E-state index contributed by atoms with van der Waals surface area (Å²) in [7, 11) is 2.06. The van der Waals surface area contributed by atoms with Gasteiger partial charge in [0, 0.05) is 24.8 Å². The maximum Gasteiger partial charge on any atom is 0.124 e. The Bertz CT molecular complexity index is 523. The van der Waals surface area contributed by atoms with Crippen molar-refractivity contribution in [3.63, 3.8) is 0 Å². The fraction of sp³-hybridized carbons (Fsp3) is 0.588. The molecule has 114 valence electrons. The first-order chi connectivity index (χ1) is 10.1. The molecular weight excluding hydrogens is 262 g/mol. The lowest BCUT2D eigenvalue weighted by Crippen LogP contribution is -2.33. The van der Waals surface area contributed by atoms with E-state index in [0.717, 1.165) is 24.2 Å². The zero-order valence-corrected chi connectivity index (χ0v) is 12.8. The van der Waals surface area contributed by atoms with Crippen molar-refractivity contribution in [3.8, 4) is 0 Å². The number of nitrogens with one attached hydrogen (secondary N) is 1. The highest BCUT2D eigenvalue weighted by atomic mass is 16.5. The smallest absolute Gasteiger partial charge is 0.124 e. The summed E-state index contributed by atoms with van der Waals surface area (Å²) in [6, 6.07) is 7.85. The molecule has 4 nitrogen and oxygen atoms in total. The topological polar surface area (TPSA) is 62.3 Å². The number of rotatable bonds is 4. The maximum absolute atomic E-state index is 7.70. The van der Waals surface area contributed by atoms with Gasteiger partial charge in [0.05, 0.1) is 11.7 Å². The van der Waals surface area contributed by atoms with E-state index in [-0.39, 0.29) is 11.4 Å². The van der Waals surface area contributed by atoms with Crippen LogP contribution in [-0.2, 0) is 4.74 Å². The molecule has 1 saturated heterocycles. The molecule has 1 saturated carbocycles. The molecule has 0 amide bonds. The van der Waals surface area contributed by atoms with E-state index in [1.54, 1.807) is 0 Å². The highest BCUT2D eigenvalue weighted by molar-refractivity contribution is 6.00. The van der Waals surface area contributed by atoms with Gasteiger partial charge in [-0.1, -0.05) is 25.0 Å². The highest BCUT2D eigenvalue weighted by Gasteiger charge is 2.42. The Labute approximate surface area is 126 Å². The van der Waals surface area contributed by atoms with Crippen molar-refractivity contribution in [1.82, 2.24) is 0 Å². The fourth-order valence-corrected chi connectivity index (χ4v) is 3.85. The number of likely N-dealkylation sites (N-methyl/N-ethyl adjacent to an activating group) is 1. The van der Waals surface area contributed by atoms with Crippen molar-refractivity contribution in [1.29, 1.82) is 5.41 Å². The quantitative estimate of drug-likeness (QED) is 0.661. The van der Waals surface area contributed by atoms with Gasteiger partial charge in [0.25, 0.3) is 0 Å². The van der Waals surface area contributed by atoms with Crippen LogP contribution < -0.4 is 10.6 Å². The number of nitrogens with two attached hydrogens (primary N) is 1. The van der Waals surface area contributed by atoms with Gasteiger partial charge in [-0.15, -0.1) is 0 Å². The summed E-state index contributed by atoms with van der Waals surface area (Å²) >= 11 is 0. The third-order valence-electron chi connectivity index (χ3n) is 4.94. The van der Waals surface area contributed by atoms with E-state index in [0.29, 0.717) is 6.10 Å². The Kier molecular flexibility index (Phi) is 3.89. The summed E-state index contributed by atoms with van der Waals surface area (Å²) in [5, 5.41) is 7.70. The van der Waals surface area contributed by atoms with Crippen molar-refractivity contribution in [2.24, 2.45) is 5.73 Å². The molecule has 1 aliphatic heterocycles. The number of hydrogen-bond donors (Lipinski definition) is 2. The molecule has 1 aliphatic carbocycles. The SMILES string of the molecule is CN(CC1CCC2(CCCC2)O1)c1ccccc1C(=N)N. The van der Waals surface area contributed by atoms with Crippen LogP contribution >= 0.6 is 0 Å². The monoisotopic (exact) mass is 287 g/mol. The lowest BCUT2D eigenvalue weighted by Gasteiger charge is -2.28. The zero-order chi connectivity index (χ0) is 14.9. The number of hydrogen-bond acceptors (Lipinski definition) is 3. The van der Waals surface area contributed by atoms with E-state index < -0.39 is 0 Å². The van der Waals surface area contributed by atoms with E-state index in [9.17, 15) is 0 Å². The lowest BCUT2D eigenvalue weighted by atomic mass is 9.98. The first-order valence-corrected chi connectivity index (χ1v) is 7.92. The van der Waals surface area contributed by atoms with Gasteiger partial charge in [0.1, 0.15) is 5.84 Å². The van der Waals surface area contributed by atoms with E-state index in [1.807, 2.05) is 24.3 Å². The average molecular weight is 287 g/mol. The van der Waals surface area contributed by atoms with Crippen molar-refractivity contribution in [2.75, 3.05) is 18.5 Å². The lowest BCUT2D eigenvalue weighted by molar-refractivity contribution is -0.0324. The van der Waals surface area contributed by atoms with Crippen LogP contribution in [0.5, 0.6) is 0 Å². The summed E-state index contributed by atoms with van der Waals surface area (Å²) in [6.07, 6.45) is 7.75. The van der Waals surface area contributed by atoms with Gasteiger partial charge in [-0.25, -0.2) is 0 Å². The minimum atomic E-state index is 0.122. The van der Waals surface area contributed by atoms with Crippen LogP contribution in [0.3, 0.4) is 0 Å². The Morgan fingerprint density at radius 1 is 1.33 bits per heavy atom. The predicted octanol–water partition coefficient (Wildman–Crippen LogP) is 2.90. The van der Waals surface area contributed by atoms with Gasteiger partial charge in [0.15, 0.2) is 0 Å². The van der Waals surface area contributed by atoms with E-state index >= 15 is 0 Å². The largest absolute Gasteiger partial charge is 0.384 e. The second-order valence-corrected chi connectivity index (χ2v) is 6.48. The fourth-order valence-electron chi connectivity index (χ4n) is 3.85. The van der Waals surface area contributed by atoms with Crippen molar-refractivity contribution < 1.29 is 4.74 Å². The van der Waals surface area contributed by atoms with Crippen LogP contribution in [0.25, 0.3) is 0 Å². The predicted molar refractivity (Wildman–Crippen MR) is 86.0 cm³/mol. The number of ether oxygens (including phenoxy) is 1. The second kappa shape index (κ2) is 5.68. The van der Waals surface area contributed by atoms with Crippen molar-refractivity contribution >= 4 is 11.5 Å². The molecule has 1 atom stereocenters. The van der Waals surface area contributed by atoms with Crippen LogP contribution in [0, 0.1) is 5.41 Å². The number of nitrogens with zero attached hydrogens (tertiary/aromatic N) is 1. The third kappa shape index (κ3) is 2.91. The Morgan fingerprint density at radius 2 is 2.05 bits per heavy atom. The van der Waals surface area contributed by atoms with E-state index in [4.69, 9.17) is 15.9 Å². The summed E-state index contributed by atoms with van der Waals surface area (Å²) in [6.45, 7) is 0.867. The van der Waals surface area contributed by atoms with Crippen LogP contribution in [0.15, 0.2) is 24.3 Å². The zero-order valence-electron chi connectivity index (χ0n) is 12.8. The molecule has 1 heterocycles. The second-order valence-electron chi connectivity index (χ2n) is 6.48. The summed E-state index contributed by atoms with van der Waals surface area (Å²) < 4.78 is 6.38. The van der Waals surface area contributed by atoms with Gasteiger partial charge >= 0.3 is 0 Å². The van der Waals surface area contributed by atoms with Crippen LogP contribution in [0.4, 0.5) is 5.69 Å². The Morgan fingerprint density at radius 3 is 2.76 bits per heavy atom. The van der Waals surface area contributed by atoms with Gasteiger partial charge in [-0.3, -0.25) is 5.41 Å².